The van der Waals surface area contributed by atoms with Crippen molar-refractivity contribution in [2.75, 3.05) is 11.9 Å². The van der Waals surface area contributed by atoms with Crippen LogP contribution >= 0.6 is 11.6 Å². The third kappa shape index (κ3) is 3.61. The average Bonchev–Trinajstić information content (AvgIpc) is 2.20. The molecule has 0 aliphatic rings. The molecule has 1 unspecified atom stereocenters. The molecule has 0 amide bonds. The molecule has 3 nitrogen and oxygen atoms in total. The summed E-state index contributed by atoms with van der Waals surface area (Å²) in [6.07, 6.45) is 1.95. The molecule has 1 heterocycles. The molecule has 16 heavy (non-hydrogen) atoms. The Morgan fingerprint density at radius 2 is 2.25 bits per heavy atom. The Morgan fingerprint density at radius 3 is 2.75 bits per heavy atom. The number of rotatable bonds is 5. The van der Waals surface area contributed by atoms with Crippen LogP contribution in [0.3, 0.4) is 0 Å². The number of pyridine rings is 1. The van der Waals surface area contributed by atoms with Gasteiger partial charge in [-0.05, 0) is 18.4 Å². The van der Waals surface area contributed by atoms with Crippen LogP contribution in [-0.2, 0) is 0 Å². The van der Waals surface area contributed by atoms with Crippen molar-refractivity contribution in [1.29, 1.82) is 0 Å². The molecule has 0 saturated carbocycles. The van der Waals surface area contributed by atoms with Crippen LogP contribution in [0.5, 0.6) is 0 Å². The molecule has 5 heteroatoms. The van der Waals surface area contributed by atoms with Gasteiger partial charge in [0.25, 0.3) is 0 Å². The minimum atomic E-state index is -0.476. The molecule has 0 spiro atoms. The van der Waals surface area contributed by atoms with E-state index in [9.17, 15) is 4.39 Å². The van der Waals surface area contributed by atoms with Gasteiger partial charge >= 0.3 is 0 Å². The molecule has 0 saturated heterocycles. The van der Waals surface area contributed by atoms with E-state index in [1.54, 1.807) is 0 Å². The highest BCUT2D eigenvalue weighted by molar-refractivity contribution is 6.30. The summed E-state index contributed by atoms with van der Waals surface area (Å²) in [5, 5.41) is 12.1. The standard InChI is InChI=1S/C11H16ClFN2O/c1-7(2)10(3-4-16)15-11-9(13)5-8(12)6-14-11/h5-7,10,16H,3-4H2,1-2H3,(H,14,15). The number of aromatic nitrogens is 1. The second-order valence-electron chi connectivity index (χ2n) is 3.99. The van der Waals surface area contributed by atoms with Crippen molar-refractivity contribution in [3.8, 4) is 0 Å². The molecule has 1 atom stereocenters. The number of halogens is 2. The number of anilines is 1. The molecule has 1 aromatic heterocycles. The number of hydrogen-bond donors (Lipinski definition) is 2. The van der Waals surface area contributed by atoms with Crippen molar-refractivity contribution < 1.29 is 9.50 Å². The molecular weight excluding hydrogens is 231 g/mol. The van der Waals surface area contributed by atoms with Crippen LogP contribution in [0, 0.1) is 11.7 Å². The summed E-state index contributed by atoms with van der Waals surface area (Å²) in [6.45, 7) is 4.06. The highest BCUT2D eigenvalue weighted by Crippen LogP contribution is 2.19. The Bertz CT molecular complexity index is 347. The van der Waals surface area contributed by atoms with Gasteiger partial charge in [0.2, 0.25) is 0 Å². The Balaban J connectivity index is 2.77. The van der Waals surface area contributed by atoms with E-state index in [4.69, 9.17) is 16.7 Å². The van der Waals surface area contributed by atoms with Crippen molar-refractivity contribution in [3.05, 3.63) is 23.1 Å². The van der Waals surface area contributed by atoms with Gasteiger partial charge in [0.1, 0.15) is 0 Å². The lowest BCUT2D eigenvalue weighted by Crippen LogP contribution is -2.27. The van der Waals surface area contributed by atoms with E-state index in [0.29, 0.717) is 6.42 Å². The lowest BCUT2D eigenvalue weighted by Gasteiger charge is -2.22. The summed E-state index contributed by atoms with van der Waals surface area (Å²) >= 11 is 5.61. The van der Waals surface area contributed by atoms with Crippen molar-refractivity contribution in [2.24, 2.45) is 5.92 Å². The van der Waals surface area contributed by atoms with Crippen LogP contribution in [0.4, 0.5) is 10.2 Å². The first-order valence-corrected chi connectivity index (χ1v) is 5.60. The highest BCUT2D eigenvalue weighted by atomic mass is 35.5. The second-order valence-corrected chi connectivity index (χ2v) is 4.43. The van der Waals surface area contributed by atoms with Crippen LogP contribution in [0.25, 0.3) is 0 Å². The van der Waals surface area contributed by atoms with Crippen molar-refractivity contribution in [1.82, 2.24) is 4.98 Å². The van der Waals surface area contributed by atoms with Crippen LogP contribution in [0.15, 0.2) is 12.3 Å². The van der Waals surface area contributed by atoms with E-state index < -0.39 is 5.82 Å². The topological polar surface area (TPSA) is 45.1 Å². The zero-order valence-electron chi connectivity index (χ0n) is 9.37. The maximum absolute atomic E-state index is 13.4. The minimum Gasteiger partial charge on any atom is -0.396 e. The van der Waals surface area contributed by atoms with Gasteiger partial charge in [0, 0.05) is 18.8 Å². The largest absolute Gasteiger partial charge is 0.396 e. The van der Waals surface area contributed by atoms with Gasteiger partial charge in [0.05, 0.1) is 5.02 Å². The monoisotopic (exact) mass is 246 g/mol. The van der Waals surface area contributed by atoms with E-state index in [0.717, 1.165) is 0 Å². The Hall–Kier alpha value is -0.870. The van der Waals surface area contributed by atoms with Gasteiger partial charge in [-0.2, -0.15) is 0 Å². The number of aliphatic hydroxyl groups is 1. The molecule has 1 rings (SSSR count). The Kier molecular flexibility index (Phi) is 4.96. The summed E-state index contributed by atoms with van der Waals surface area (Å²) in [4.78, 5) is 3.88. The summed E-state index contributed by atoms with van der Waals surface area (Å²) in [5.74, 6) is -0.0170. The third-order valence-electron chi connectivity index (χ3n) is 2.37. The van der Waals surface area contributed by atoms with E-state index >= 15 is 0 Å². The molecule has 2 N–H and O–H groups in total. The molecule has 0 aromatic carbocycles. The van der Waals surface area contributed by atoms with E-state index in [1.807, 2.05) is 13.8 Å². The molecule has 0 bridgehead atoms. The van der Waals surface area contributed by atoms with E-state index in [-0.39, 0.29) is 29.4 Å². The van der Waals surface area contributed by atoms with Crippen molar-refractivity contribution >= 4 is 17.4 Å². The van der Waals surface area contributed by atoms with Crippen LogP contribution < -0.4 is 5.32 Å². The fourth-order valence-corrected chi connectivity index (χ4v) is 1.55. The quantitative estimate of drug-likeness (QED) is 0.840. The van der Waals surface area contributed by atoms with Crippen LogP contribution in [-0.4, -0.2) is 22.7 Å². The zero-order chi connectivity index (χ0) is 12.1. The molecule has 0 fully saturated rings. The minimum absolute atomic E-state index is 0.00632. The maximum Gasteiger partial charge on any atom is 0.166 e. The maximum atomic E-state index is 13.4. The Morgan fingerprint density at radius 1 is 1.56 bits per heavy atom. The van der Waals surface area contributed by atoms with Gasteiger partial charge in [-0.3, -0.25) is 0 Å². The zero-order valence-corrected chi connectivity index (χ0v) is 10.1. The van der Waals surface area contributed by atoms with Gasteiger partial charge in [-0.25, -0.2) is 9.37 Å². The first-order valence-electron chi connectivity index (χ1n) is 5.23. The summed E-state index contributed by atoms with van der Waals surface area (Å²) < 4.78 is 13.4. The first kappa shape index (κ1) is 13.2. The fourth-order valence-electron chi connectivity index (χ4n) is 1.41. The van der Waals surface area contributed by atoms with Gasteiger partial charge < -0.3 is 10.4 Å². The SMILES string of the molecule is CC(C)C(CCO)Nc1ncc(Cl)cc1F. The van der Waals surface area contributed by atoms with Gasteiger partial charge in [0.15, 0.2) is 11.6 Å². The lowest BCUT2D eigenvalue weighted by molar-refractivity contribution is 0.267. The molecule has 0 radical (unpaired) electrons. The molecule has 90 valence electrons. The Labute approximate surface area is 99.7 Å². The predicted molar refractivity (Wildman–Crippen MR) is 63.2 cm³/mol. The number of hydrogen-bond acceptors (Lipinski definition) is 3. The van der Waals surface area contributed by atoms with Crippen molar-refractivity contribution in [3.63, 3.8) is 0 Å². The normalized spacial score (nSPS) is 12.9. The molecule has 0 aliphatic heterocycles. The lowest BCUT2D eigenvalue weighted by atomic mass is 10.0. The smallest absolute Gasteiger partial charge is 0.166 e. The molecule has 0 aliphatic carbocycles. The number of aliphatic hydroxyl groups excluding tert-OH is 1. The highest BCUT2D eigenvalue weighted by Gasteiger charge is 2.15. The van der Waals surface area contributed by atoms with Crippen LogP contribution in [0.1, 0.15) is 20.3 Å². The third-order valence-corrected chi connectivity index (χ3v) is 2.58. The van der Waals surface area contributed by atoms with Gasteiger partial charge in [-0.15, -0.1) is 0 Å². The van der Waals surface area contributed by atoms with Gasteiger partial charge in [-0.1, -0.05) is 25.4 Å². The van der Waals surface area contributed by atoms with Crippen LogP contribution in [0.2, 0.25) is 5.02 Å². The number of nitrogens with zero attached hydrogens (tertiary/aromatic N) is 1. The summed E-state index contributed by atoms with van der Waals surface area (Å²) in [7, 11) is 0. The fraction of sp³-hybridized carbons (Fsp3) is 0.545. The average molecular weight is 247 g/mol. The second kappa shape index (κ2) is 6.01. The molecule has 1 aromatic rings. The molecular formula is C11H16ClFN2O. The van der Waals surface area contributed by atoms with E-state index in [1.165, 1.54) is 12.3 Å². The summed E-state index contributed by atoms with van der Waals surface area (Å²) in [5.41, 5.74) is 0. The predicted octanol–water partition coefficient (Wildman–Crippen LogP) is 2.69. The van der Waals surface area contributed by atoms with Crippen molar-refractivity contribution in [2.45, 2.75) is 26.3 Å². The first-order chi connectivity index (χ1) is 7.54. The number of nitrogens with one attached hydrogen (secondary N) is 1. The van der Waals surface area contributed by atoms with E-state index in [2.05, 4.69) is 10.3 Å². The summed E-state index contributed by atoms with van der Waals surface area (Å²) in [6, 6.07) is 1.21.